The van der Waals surface area contributed by atoms with Crippen LogP contribution >= 0.6 is 0 Å². The number of nitrogens with zero attached hydrogens (tertiary/aromatic N) is 3. The largest absolute Gasteiger partial charge is 0.320 e. The second-order valence-electron chi connectivity index (χ2n) is 3.79. The number of carbonyl (C=O) groups is 1. The zero-order valence-electron chi connectivity index (χ0n) is 9.87. The molecule has 0 aliphatic heterocycles. The molecule has 1 aromatic carbocycles. The number of carbonyl (C=O) groups excluding carboxylic acids is 1. The standard InChI is InChI=1S/C12H13N5O/c1-8(13)12(18)17-16-7-9-3-2-4-10-11(9)15-6-5-14-10/h2-8H,13H2,1H3,(H,17,18)/b16-7+/t8-/m0/s1. The van der Waals surface area contributed by atoms with Crippen LogP contribution in [0.3, 0.4) is 0 Å². The Morgan fingerprint density at radius 3 is 3.00 bits per heavy atom. The van der Waals surface area contributed by atoms with Crippen LogP contribution in [0.25, 0.3) is 11.0 Å². The van der Waals surface area contributed by atoms with Crippen LogP contribution < -0.4 is 11.2 Å². The van der Waals surface area contributed by atoms with Crippen LogP contribution in [-0.4, -0.2) is 28.1 Å². The van der Waals surface area contributed by atoms with Crippen molar-refractivity contribution in [2.24, 2.45) is 10.8 Å². The van der Waals surface area contributed by atoms with Gasteiger partial charge in [-0.15, -0.1) is 0 Å². The summed E-state index contributed by atoms with van der Waals surface area (Å²) in [6, 6.07) is 4.97. The van der Waals surface area contributed by atoms with Gasteiger partial charge in [0.15, 0.2) is 0 Å². The molecular formula is C12H13N5O. The van der Waals surface area contributed by atoms with E-state index in [1.807, 2.05) is 18.2 Å². The van der Waals surface area contributed by atoms with E-state index in [1.54, 1.807) is 19.3 Å². The van der Waals surface area contributed by atoms with Crippen molar-refractivity contribution >= 4 is 23.2 Å². The highest BCUT2D eigenvalue weighted by Crippen LogP contribution is 2.11. The van der Waals surface area contributed by atoms with E-state index in [0.29, 0.717) is 0 Å². The van der Waals surface area contributed by atoms with Crippen LogP contribution in [0.15, 0.2) is 35.7 Å². The highest BCUT2D eigenvalue weighted by atomic mass is 16.2. The number of amides is 1. The van der Waals surface area contributed by atoms with Gasteiger partial charge in [-0.1, -0.05) is 12.1 Å². The molecule has 2 aromatic rings. The normalized spacial score (nSPS) is 12.8. The Bertz CT molecular complexity index is 589. The number of para-hydroxylation sites is 1. The van der Waals surface area contributed by atoms with E-state index in [9.17, 15) is 4.79 Å². The zero-order chi connectivity index (χ0) is 13.0. The first-order chi connectivity index (χ1) is 8.68. The lowest BCUT2D eigenvalue weighted by Crippen LogP contribution is -2.35. The molecule has 0 aliphatic rings. The Balaban J connectivity index is 2.22. The van der Waals surface area contributed by atoms with Gasteiger partial charge in [0, 0.05) is 18.0 Å². The number of nitrogens with one attached hydrogen (secondary N) is 1. The van der Waals surface area contributed by atoms with Gasteiger partial charge in [-0.25, -0.2) is 5.43 Å². The van der Waals surface area contributed by atoms with E-state index in [1.165, 1.54) is 6.21 Å². The summed E-state index contributed by atoms with van der Waals surface area (Å²) in [5, 5.41) is 3.84. The van der Waals surface area contributed by atoms with Gasteiger partial charge < -0.3 is 5.73 Å². The van der Waals surface area contributed by atoms with Gasteiger partial charge in [0.1, 0.15) is 0 Å². The van der Waals surface area contributed by atoms with Crippen molar-refractivity contribution in [3.8, 4) is 0 Å². The van der Waals surface area contributed by atoms with Crippen LogP contribution in [0.4, 0.5) is 0 Å². The average Bonchev–Trinajstić information content (AvgIpc) is 2.38. The molecule has 1 atom stereocenters. The minimum absolute atomic E-state index is 0.336. The van der Waals surface area contributed by atoms with E-state index in [0.717, 1.165) is 16.6 Å². The van der Waals surface area contributed by atoms with Gasteiger partial charge in [-0.3, -0.25) is 14.8 Å². The van der Waals surface area contributed by atoms with Gasteiger partial charge in [-0.05, 0) is 13.0 Å². The lowest BCUT2D eigenvalue weighted by Gasteiger charge is -2.02. The first-order valence-electron chi connectivity index (χ1n) is 5.46. The Hall–Kier alpha value is -2.34. The molecule has 0 spiro atoms. The summed E-state index contributed by atoms with van der Waals surface area (Å²) >= 11 is 0. The van der Waals surface area contributed by atoms with Gasteiger partial charge in [-0.2, -0.15) is 5.10 Å². The topological polar surface area (TPSA) is 93.3 Å². The molecule has 0 saturated heterocycles. The number of hydrazone groups is 1. The summed E-state index contributed by atoms with van der Waals surface area (Å²) in [5.41, 5.74) is 10.0. The quantitative estimate of drug-likeness (QED) is 0.603. The Kier molecular flexibility index (Phi) is 3.59. The van der Waals surface area contributed by atoms with Crippen LogP contribution in [-0.2, 0) is 4.79 Å². The van der Waals surface area contributed by atoms with E-state index in [4.69, 9.17) is 5.73 Å². The summed E-state index contributed by atoms with van der Waals surface area (Å²) < 4.78 is 0. The van der Waals surface area contributed by atoms with Crippen molar-refractivity contribution < 1.29 is 4.79 Å². The molecule has 6 heteroatoms. The number of fused-ring (bicyclic) bond motifs is 1. The van der Waals surface area contributed by atoms with Crippen molar-refractivity contribution in [3.63, 3.8) is 0 Å². The van der Waals surface area contributed by atoms with E-state index in [2.05, 4.69) is 20.5 Å². The fraction of sp³-hybridized carbons (Fsp3) is 0.167. The van der Waals surface area contributed by atoms with Crippen molar-refractivity contribution in [1.29, 1.82) is 0 Å². The fourth-order valence-corrected chi connectivity index (χ4v) is 1.39. The number of hydrogen-bond acceptors (Lipinski definition) is 5. The molecular weight excluding hydrogens is 230 g/mol. The van der Waals surface area contributed by atoms with Crippen molar-refractivity contribution in [2.45, 2.75) is 13.0 Å². The maximum absolute atomic E-state index is 11.2. The number of nitrogens with two attached hydrogens (primary N) is 1. The Morgan fingerprint density at radius 1 is 1.44 bits per heavy atom. The van der Waals surface area contributed by atoms with Crippen molar-refractivity contribution in [3.05, 3.63) is 36.2 Å². The smallest absolute Gasteiger partial charge is 0.256 e. The van der Waals surface area contributed by atoms with Gasteiger partial charge >= 0.3 is 0 Å². The first-order valence-corrected chi connectivity index (χ1v) is 5.46. The molecule has 1 heterocycles. The maximum atomic E-state index is 11.2. The van der Waals surface area contributed by atoms with E-state index in [-0.39, 0.29) is 5.91 Å². The average molecular weight is 243 g/mol. The molecule has 0 saturated carbocycles. The zero-order valence-corrected chi connectivity index (χ0v) is 9.87. The fourth-order valence-electron chi connectivity index (χ4n) is 1.39. The highest BCUT2D eigenvalue weighted by molar-refractivity contribution is 5.96. The van der Waals surface area contributed by atoms with Crippen LogP contribution in [0.1, 0.15) is 12.5 Å². The third kappa shape index (κ3) is 2.67. The summed E-state index contributed by atoms with van der Waals surface area (Å²) in [4.78, 5) is 19.6. The molecule has 18 heavy (non-hydrogen) atoms. The Morgan fingerprint density at radius 2 is 2.22 bits per heavy atom. The number of aromatic nitrogens is 2. The second-order valence-corrected chi connectivity index (χ2v) is 3.79. The predicted octanol–water partition coefficient (Wildman–Crippen LogP) is 0.427. The molecule has 3 N–H and O–H groups in total. The number of benzene rings is 1. The van der Waals surface area contributed by atoms with Gasteiger partial charge in [0.2, 0.25) is 0 Å². The summed E-state index contributed by atoms with van der Waals surface area (Å²) in [6.45, 7) is 1.59. The monoisotopic (exact) mass is 243 g/mol. The molecule has 1 amide bonds. The maximum Gasteiger partial charge on any atom is 0.256 e. The van der Waals surface area contributed by atoms with Gasteiger partial charge in [0.25, 0.3) is 5.91 Å². The number of hydrogen-bond donors (Lipinski definition) is 2. The van der Waals surface area contributed by atoms with Crippen molar-refractivity contribution in [1.82, 2.24) is 15.4 Å². The third-order valence-electron chi connectivity index (χ3n) is 2.32. The van der Waals surface area contributed by atoms with E-state index < -0.39 is 6.04 Å². The third-order valence-corrected chi connectivity index (χ3v) is 2.32. The summed E-state index contributed by atoms with van der Waals surface area (Å²) in [7, 11) is 0. The highest BCUT2D eigenvalue weighted by Gasteiger charge is 2.04. The molecule has 92 valence electrons. The minimum Gasteiger partial charge on any atom is -0.320 e. The SMILES string of the molecule is C[C@H](N)C(=O)N/N=C/c1cccc2nccnc12. The minimum atomic E-state index is -0.588. The first kappa shape index (κ1) is 12.1. The van der Waals surface area contributed by atoms with Crippen LogP contribution in [0.5, 0.6) is 0 Å². The van der Waals surface area contributed by atoms with Crippen LogP contribution in [0.2, 0.25) is 0 Å². The van der Waals surface area contributed by atoms with Crippen molar-refractivity contribution in [2.75, 3.05) is 0 Å². The van der Waals surface area contributed by atoms with Crippen LogP contribution in [0, 0.1) is 0 Å². The number of rotatable bonds is 3. The summed E-state index contributed by atoms with van der Waals surface area (Å²) in [5.74, 6) is -0.336. The molecule has 6 nitrogen and oxygen atoms in total. The molecule has 0 bridgehead atoms. The molecule has 0 aliphatic carbocycles. The predicted molar refractivity (Wildman–Crippen MR) is 68.9 cm³/mol. The summed E-state index contributed by atoms with van der Waals surface area (Å²) in [6.07, 6.45) is 4.76. The Labute approximate surface area is 104 Å². The second kappa shape index (κ2) is 5.33. The lowest BCUT2D eigenvalue weighted by molar-refractivity contribution is -0.121. The molecule has 0 fully saturated rings. The molecule has 2 rings (SSSR count). The molecule has 0 radical (unpaired) electrons. The lowest BCUT2D eigenvalue weighted by atomic mass is 10.2. The van der Waals surface area contributed by atoms with Gasteiger partial charge in [0.05, 0.1) is 23.3 Å². The molecule has 0 unspecified atom stereocenters. The van der Waals surface area contributed by atoms with E-state index >= 15 is 0 Å². The molecule has 1 aromatic heterocycles.